The molecule has 0 saturated carbocycles. The molecular formula is C34H44N4O3. The van der Waals surface area contributed by atoms with Crippen LogP contribution >= 0.6 is 0 Å². The van der Waals surface area contributed by atoms with Gasteiger partial charge in [-0.3, -0.25) is 4.79 Å². The molecular weight excluding hydrogens is 512 g/mol. The summed E-state index contributed by atoms with van der Waals surface area (Å²) in [5.74, 6) is 0.860. The number of hydrogen-bond acceptors (Lipinski definition) is 5. The predicted molar refractivity (Wildman–Crippen MR) is 165 cm³/mol. The lowest BCUT2D eigenvalue weighted by Crippen LogP contribution is -2.45. The number of morpholine rings is 1. The third-order valence-electron chi connectivity index (χ3n) is 9.44. The van der Waals surface area contributed by atoms with Gasteiger partial charge in [0.05, 0.1) is 19.3 Å². The zero-order valence-electron chi connectivity index (χ0n) is 24.3. The van der Waals surface area contributed by atoms with Crippen molar-refractivity contribution in [1.82, 2.24) is 14.8 Å². The normalized spacial score (nSPS) is 20.7. The number of aromatic nitrogens is 1. The maximum atomic E-state index is 12.7. The molecule has 2 N–H and O–H groups in total. The number of anilines is 1. The summed E-state index contributed by atoms with van der Waals surface area (Å²) in [6.45, 7) is 9.74. The number of H-pyrrole nitrogens is 1. The number of β-amino-alcohol motifs (C(OH)–C–C–N with tert-alkyl or cyclic N) is 1. The SMILES string of the molecule is Cc1ccc(/C=C/C(=O)N2CCC(C(O)CN3CCC(c4c[nH]c5ccc(N6CCOCC6)cc45)CC3)CC2)cc1. The van der Waals surface area contributed by atoms with Gasteiger partial charge in [-0.15, -0.1) is 0 Å². The van der Waals surface area contributed by atoms with Gasteiger partial charge >= 0.3 is 0 Å². The van der Waals surface area contributed by atoms with E-state index in [9.17, 15) is 9.90 Å². The molecule has 2 aromatic carbocycles. The van der Waals surface area contributed by atoms with Crippen molar-refractivity contribution in [2.75, 3.05) is 63.9 Å². The molecule has 7 nitrogen and oxygen atoms in total. The molecule has 1 unspecified atom stereocenters. The lowest BCUT2D eigenvalue weighted by atomic mass is 9.87. The summed E-state index contributed by atoms with van der Waals surface area (Å²) in [6.07, 6.45) is 9.41. The first-order chi connectivity index (χ1) is 20.0. The minimum Gasteiger partial charge on any atom is -0.392 e. The number of aliphatic hydroxyl groups excluding tert-OH is 1. The monoisotopic (exact) mass is 556 g/mol. The van der Waals surface area contributed by atoms with E-state index in [4.69, 9.17) is 4.74 Å². The number of benzene rings is 2. The van der Waals surface area contributed by atoms with Gasteiger partial charge in [0, 0.05) is 61.6 Å². The van der Waals surface area contributed by atoms with Crippen LogP contribution in [0, 0.1) is 12.8 Å². The second kappa shape index (κ2) is 12.8. The molecule has 0 aliphatic carbocycles. The van der Waals surface area contributed by atoms with Gasteiger partial charge < -0.3 is 29.5 Å². The Morgan fingerprint density at radius 1 is 1.00 bits per heavy atom. The molecule has 218 valence electrons. The number of aryl methyl sites for hydroxylation is 1. The van der Waals surface area contributed by atoms with E-state index in [1.165, 1.54) is 27.7 Å². The number of carbonyl (C=O) groups excluding carboxylic acids is 1. The molecule has 4 heterocycles. The standard InChI is InChI=1S/C34H44N4O3/c1-25-2-4-26(5-3-25)6-9-34(40)38-16-12-28(13-17-38)33(39)24-36-14-10-27(11-15-36)31-23-35-32-8-7-29(22-30(31)32)37-18-20-41-21-19-37/h2-9,22-23,27-28,33,35,39H,10-21,24H2,1H3/b9-6+. The van der Waals surface area contributed by atoms with Gasteiger partial charge in [-0.1, -0.05) is 29.8 Å². The summed E-state index contributed by atoms with van der Waals surface area (Å²) >= 11 is 0. The predicted octanol–water partition coefficient (Wildman–Crippen LogP) is 4.81. The molecule has 3 fully saturated rings. The minimum absolute atomic E-state index is 0.0648. The Labute approximate surface area is 243 Å². The first-order valence-electron chi connectivity index (χ1n) is 15.4. The molecule has 3 aromatic rings. The number of fused-ring (bicyclic) bond motifs is 1. The number of nitrogens with zero attached hydrogens (tertiary/aromatic N) is 3. The Hall–Kier alpha value is -3.13. The number of hydrogen-bond donors (Lipinski definition) is 2. The van der Waals surface area contributed by atoms with Crippen LogP contribution in [0.2, 0.25) is 0 Å². The van der Waals surface area contributed by atoms with Crippen molar-refractivity contribution in [1.29, 1.82) is 0 Å². The van der Waals surface area contributed by atoms with Crippen LogP contribution in [-0.4, -0.2) is 90.9 Å². The Morgan fingerprint density at radius 3 is 2.46 bits per heavy atom. The second-order valence-electron chi connectivity index (χ2n) is 12.1. The van der Waals surface area contributed by atoms with Gasteiger partial charge in [0.25, 0.3) is 0 Å². The molecule has 6 rings (SSSR count). The maximum absolute atomic E-state index is 12.7. The molecule has 0 bridgehead atoms. The fourth-order valence-corrected chi connectivity index (χ4v) is 6.78. The lowest BCUT2D eigenvalue weighted by Gasteiger charge is -2.37. The largest absolute Gasteiger partial charge is 0.392 e. The van der Waals surface area contributed by atoms with E-state index in [0.717, 1.165) is 77.2 Å². The zero-order chi connectivity index (χ0) is 28.2. The molecule has 1 aromatic heterocycles. The smallest absolute Gasteiger partial charge is 0.246 e. The van der Waals surface area contributed by atoms with Gasteiger partial charge in [-0.2, -0.15) is 0 Å². The van der Waals surface area contributed by atoms with Crippen molar-refractivity contribution in [2.24, 2.45) is 5.92 Å². The van der Waals surface area contributed by atoms with Gasteiger partial charge in [0.1, 0.15) is 0 Å². The number of rotatable bonds is 7. The molecule has 3 aliphatic heterocycles. The number of likely N-dealkylation sites (tertiary alicyclic amines) is 2. The zero-order valence-corrected chi connectivity index (χ0v) is 24.3. The van der Waals surface area contributed by atoms with Crippen molar-refractivity contribution < 1.29 is 14.6 Å². The number of ether oxygens (including phenoxy) is 1. The summed E-state index contributed by atoms with van der Waals surface area (Å²) in [4.78, 5) is 23.0. The van der Waals surface area contributed by atoms with Crippen LogP contribution in [0.15, 0.2) is 54.7 Å². The summed E-state index contributed by atoms with van der Waals surface area (Å²) < 4.78 is 5.54. The van der Waals surface area contributed by atoms with Crippen molar-refractivity contribution >= 4 is 28.6 Å². The van der Waals surface area contributed by atoms with Crippen molar-refractivity contribution in [2.45, 2.75) is 44.6 Å². The van der Waals surface area contributed by atoms with Crippen LogP contribution in [-0.2, 0) is 9.53 Å². The fourth-order valence-electron chi connectivity index (χ4n) is 6.78. The molecule has 3 saturated heterocycles. The average molecular weight is 557 g/mol. The topological polar surface area (TPSA) is 72.0 Å². The van der Waals surface area contributed by atoms with Crippen molar-refractivity contribution in [3.63, 3.8) is 0 Å². The Kier molecular flexibility index (Phi) is 8.75. The Balaban J connectivity index is 0.970. The van der Waals surface area contributed by atoms with Gasteiger partial charge in [-0.25, -0.2) is 0 Å². The van der Waals surface area contributed by atoms with Crippen LogP contribution in [0.5, 0.6) is 0 Å². The van der Waals surface area contributed by atoms with E-state index < -0.39 is 0 Å². The van der Waals surface area contributed by atoms with Crippen LogP contribution < -0.4 is 4.90 Å². The van der Waals surface area contributed by atoms with E-state index in [1.807, 2.05) is 23.1 Å². The van der Waals surface area contributed by atoms with Crippen LogP contribution in [0.4, 0.5) is 5.69 Å². The van der Waals surface area contributed by atoms with Crippen LogP contribution in [0.3, 0.4) is 0 Å². The highest BCUT2D eigenvalue weighted by Crippen LogP contribution is 2.35. The number of aliphatic hydroxyl groups is 1. The minimum atomic E-state index is -0.337. The quantitative estimate of drug-likeness (QED) is 0.409. The number of piperidine rings is 2. The maximum Gasteiger partial charge on any atom is 0.246 e. The van der Waals surface area contributed by atoms with E-state index in [-0.39, 0.29) is 17.9 Å². The number of amides is 1. The van der Waals surface area contributed by atoms with Crippen LogP contribution in [0.1, 0.15) is 48.3 Å². The highest BCUT2D eigenvalue weighted by atomic mass is 16.5. The van der Waals surface area contributed by atoms with Crippen molar-refractivity contribution in [3.8, 4) is 0 Å². The summed E-state index contributed by atoms with van der Waals surface area (Å²) in [5, 5.41) is 12.4. The molecule has 0 radical (unpaired) electrons. The molecule has 0 spiro atoms. The molecule has 41 heavy (non-hydrogen) atoms. The second-order valence-corrected chi connectivity index (χ2v) is 12.1. The summed E-state index contributed by atoms with van der Waals surface area (Å²) in [7, 11) is 0. The third-order valence-corrected chi connectivity index (χ3v) is 9.44. The van der Waals surface area contributed by atoms with Gasteiger partial charge in [-0.05, 0) is 92.9 Å². The van der Waals surface area contributed by atoms with Gasteiger partial charge in [0.15, 0.2) is 0 Å². The number of aromatic amines is 1. The first-order valence-corrected chi connectivity index (χ1v) is 15.4. The first kappa shape index (κ1) is 28.0. The number of nitrogens with one attached hydrogen (secondary N) is 1. The molecule has 3 aliphatic rings. The lowest BCUT2D eigenvalue weighted by molar-refractivity contribution is -0.128. The van der Waals surface area contributed by atoms with E-state index in [1.54, 1.807) is 6.08 Å². The number of carbonyl (C=O) groups is 1. The van der Waals surface area contributed by atoms with Crippen LogP contribution in [0.25, 0.3) is 17.0 Å². The van der Waals surface area contributed by atoms with Gasteiger partial charge in [0.2, 0.25) is 5.91 Å². The highest BCUT2D eigenvalue weighted by Gasteiger charge is 2.30. The van der Waals surface area contributed by atoms with E-state index >= 15 is 0 Å². The third kappa shape index (κ3) is 6.69. The molecule has 7 heteroatoms. The average Bonchev–Trinajstić information content (AvgIpc) is 3.45. The summed E-state index contributed by atoms with van der Waals surface area (Å²) in [6, 6.07) is 15.0. The highest BCUT2D eigenvalue weighted by molar-refractivity contribution is 5.91. The van der Waals surface area contributed by atoms with E-state index in [0.29, 0.717) is 19.0 Å². The Bertz CT molecular complexity index is 1330. The Morgan fingerprint density at radius 2 is 1.73 bits per heavy atom. The van der Waals surface area contributed by atoms with E-state index in [2.05, 4.69) is 58.2 Å². The molecule has 1 atom stereocenters. The van der Waals surface area contributed by atoms with Crippen molar-refractivity contribution in [3.05, 3.63) is 71.4 Å². The fraction of sp³-hybridized carbons (Fsp3) is 0.500. The summed E-state index contributed by atoms with van der Waals surface area (Å²) in [5.41, 5.74) is 6.19. The molecule has 1 amide bonds.